The molecule has 2 N–H and O–H groups in total. The van der Waals surface area contributed by atoms with Gasteiger partial charge in [0.05, 0.1) is 18.7 Å². The second-order valence-corrected chi connectivity index (χ2v) is 6.79. The monoisotopic (exact) mass is 413 g/mol. The number of amides is 1. The van der Waals surface area contributed by atoms with Gasteiger partial charge in [-0.05, 0) is 12.5 Å². The predicted octanol–water partition coefficient (Wildman–Crippen LogP) is 2.77. The molecule has 150 valence electrons. The molecule has 0 spiro atoms. The topological polar surface area (TPSA) is 110 Å². The van der Waals surface area contributed by atoms with Crippen molar-refractivity contribution in [2.24, 2.45) is 0 Å². The zero-order valence-corrected chi connectivity index (χ0v) is 16.5. The minimum absolute atomic E-state index is 0.0322. The number of hydrogen-bond donors (Lipinski definition) is 2. The molecule has 0 bridgehead atoms. The van der Waals surface area contributed by atoms with Crippen LogP contribution in [0.1, 0.15) is 28.7 Å². The summed E-state index contributed by atoms with van der Waals surface area (Å²) in [6.07, 6.45) is 1.39. The van der Waals surface area contributed by atoms with Crippen LogP contribution in [0.15, 0.2) is 52.8 Å². The third kappa shape index (κ3) is 5.76. The van der Waals surface area contributed by atoms with Gasteiger partial charge in [-0.1, -0.05) is 30.3 Å². The zero-order valence-electron chi connectivity index (χ0n) is 15.6. The number of H-pyrrole nitrogens is 1. The Bertz CT molecular complexity index is 1050. The van der Waals surface area contributed by atoms with Crippen molar-refractivity contribution in [2.45, 2.75) is 20.0 Å². The minimum Gasteiger partial charge on any atom is -0.483 e. The van der Waals surface area contributed by atoms with Crippen LogP contribution >= 0.6 is 11.3 Å². The van der Waals surface area contributed by atoms with Crippen LogP contribution < -0.4 is 15.5 Å². The fourth-order valence-electron chi connectivity index (χ4n) is 2.41. The van der Waals surface area contributed by atoms with Crippen molar-refractivity contribution in [3.8, 4) is 5.75 Å². The lowest BCUT2D eigenvalue weighted by molar-refractivity contribution is -0.142. The number of thiazole rings is 1. The van der Waals surface area contributed by atoms with Gasteiger partial charge >= 0.3 is 5.97 Å². The minimum atomic E-state index is -0.520. The largest absolute Gasteiger partial charge is 0.483 e. The lowest BCUT2D eigenvalue weighted by atomic mass is 10.2. The van der Waals surface area contributed by atoms with Crippen LogP contribution in [0.5, 0.6) is 5.75 Å². The highest BCUT2D eigenvalue weighted by atomic mass is 32.1. The summed E-state index contributed by atoms with van der Waals surface area (Å²) < 4.78 is 10.4. The number of rotatable bonds is 8. The van der Waals surface area contributed by atoms with Crippen LogP contribution in [0.25, 0.3) is 0 Å². The van der Waals surface area contributed by atoms with E-state index in [1.165, 1.54) is 23.6 Å². The molecule has 0 aliphatic heterocycles. The third-order valence-electron chi connectivity index (χ3n) is 3.76. The summed E-state index contributed by atoms with van der Waals surface area (Å²) in [5.74, 6) is -0.781. The molecule has 2 aromatic heterocycles. The Morgan fingerprint density at radius 1 is 1.24 bits per heavy atom. The molecule has 0 radical (unpaired) electrons. The van der Waals surface area contributed by atoms with Crippen molar-refractivity contribution < 1.29 is 19.1 Å². The van der Waals surface area contributed by atoms with Crippen molar-refractivity contribution in [1.82, 2.24) is 9.97 Å². The van der Waals surface area contributed by atoms with E-state index in [0.717, 1.165) is 5.56 Å². The number of benzene rings is 1. The second-order valence-electron chi connectivity index (χ2n) is 5.93. The molecular formula is C20H19N3O5S. The fourth-order valence-corrected chi connectivity index (χ4v) is 3.11. The van der Waals surface area contributed by atoms with Crippen molar-refractivity contribution in [2.75, 3.05) is 11.9 Å². The lowest BCUT2D eigenvalue weighted by Crippen LogP contribution is -2.18. The van der Waals surface area contributed by atoms with Gasteiger partial charge in [0.25, 0.3) is 5.91 Å². The SMILES string of the molecule is CCOC(=O)Cc1csc(NC(=O)c2cc(=O)c(OCc3ccccc3)c[nH]2)n1. The molecule has 0 aliphatic carbocycles. The zero-order chi connectivity index (χ0) is 20.6. The van der Waals surface area contributed by atoms with Gasteiger partial charge in [0.2, 0.25) is 5.43 Å². The third-order valence-corrected chi connectivity index (χ3v) is 4.57. The Morgan fingerprint density at radius 3 is 2.76 bits per heavy atom. The van der Waals surface area contributed by atoms with Crippen LogP contribution in [-0.2, 0) is 22.6 Å². The molecule has 0 atom stereocenters. The van der Waals surface area contributed by atoms with Crippen LogP contribution in [0, 0.1) is 0 Å². The Hall–Kier alpha value is -3.46. The number of aromatic nitrogens is 2. The van der Waals surface area contributed by atoms with Gasteiger partial charge < -0.3 is 14.5 Å². The molecule has 0 fully saturated rings. The summed E-state index contributed by atoms with van der Waals surface area (Å²) >= 11 is 1.18. The number of hydrogen-bond acceptors (Lipinski definition) is 7. The summed E-state index contributed by atoms with van der Waals surface area (Å²) in [6, 6.07) is 10.6. The standard InChI is InChI=1S/C20H19N3O5S/c1-2-27-18(25)8-14-12-29-20(22-14)23-19(26)15-9-16(24)17(10-21-15)28-11-13-6-4-3-5-7-13/h3-7,9-10,12H,2,8,11H2,1H3,(H,21,24)(H,22,23,26). The lowest BCUT2D eigenvalue weighted by Gasteiger charge is -2.07. The molecule has 8 nitrogen and oxygen atoms in total. The molecule has 3 rings (SSSR count). The molecule has 0 saturated heterocycles. The fraction of sp³-hybridized carbons (Fsp3) is 0.200. The number of carbonyl (C=O) groups excluding carboxylic acids is 2. The van der Waals surface area contributed by atoms with E-state index in [4.69, 9.17) is 9.47 Å². The Morgan fingerprint density at radius 2 is 2.03 bits per heavy atom. The predicted molar refractivity (Wildman–Crippen MR) is 108 cm³/mol. The summed E-state index contributed by atoms with van der Waals surface area (Å²) in [7, 11) is 0. The number of nitrogens with zero attached hydrogens (tertiary/aromatic N) is 1. The van der Waals surface area contributed by atoms with Crippen LogP contribution in [0.2, 0.25) is 0 Å². The summed E-state index contributed by atoms with van der Waals surface area (Å²) in [4.78, 5) is 43.0. The number of anilines is 1. The second kappa shape index (κ2) is 9.65. The molecule has 0 aliphatic rings. The van der Waals surface area contributed by atoms with Gasteiger partial charge in [0.15, 0.2) is 10.9 Å². The number of esters is 1. The first-order valence-electron chi connectivity index (χ1n) is 8.86. The molecule has 0 saturated carbocycles. The Kier molecular flexibility index (Phi) is 6.75. The van der Waals surface area contributed by atoms with Gasteiger partial charge in [-0.3, -0.25) is 19.7 Å². The van der Waals surface area contributed by atoms with E-state index in [0.29, 0.717) is 17.4 Å². The van der Waals surface area contributed by atoms with E-state index < -0.39 is 11.3 Å². The Labute approximate surface area is 170 Å². The number of aromatic amines is 1. The highest BCUT2D eigenvalue weighted by Gasteiger charge is 2.13. The van der Waals surface area contributed by atoms with E-state index in [1.54, 1.807) is 12.3 Å². The van der Waals surface area contributed by atoms with E-state index in [1.807, 2.05) is 30.3 Å². The Balaban J connectivity index is 1.60. The van der Waals surface area contributed by atoms with E-state index in [2.05, 4.69) is 15.3 Å². The number of pyridine rings is 1. The van der Waals surface area contributed by atoms with Crippen molar-refractivity contribution in [3.63, 3.8) is 0 Å². The number of carbonyl (C=O) groups is 2. The summed E-state index contributed by atoms with van der Waals surface area (Å²) in [5.41, 5.74) is 1.09. The molecule has 9 heteroatoms. The molecule has 0 unspecified atom stereocenters. The maximum absolute atomic E-state index is 12.3. The maximum atomic E-state index is 12.3. The maximum Gasteiger partial charge on any atom is 0.311 e. The average Bonchev–Trinajstić information content (AvgIpc) is 3.14. The van der Waals surface area contributed by atoms with Gasteiger partial charge in [0, 0.05) is 17.6 Å². The molecule has 29 heavy (non-hydrogen) atoms. The van der Waals surface area contributed by atoms with Crippen molar-refractivity contribution >= 4 is 28.3 Å². The van der Waals surface area contributed by atoms with Gasteiger partial charge in [-0.25, -0.2) is 4.98 Å². The number of nitrogens with one attached hydrogen (secondary N) is 2. The van der Waals surface area contributed by atoms with Crippen molar-refractivity contribution in [3.05, 3.63) is 75.1 Å². The average molecular weight is 413 g/mol. The molecule has 1 aromatic carbocycles. The first-order chi connectivity index (χ1) is 14.0. The molecule has 3 aromatic rings. The normalized spacial score (nSPS) is 10.4. The van der Waals surface area contributed by atoms with Gasteiger partial charge in [-0.2, -0.15) is 0 Å². The van der Waals surface area contributed by atoms with E-state index >= 15 is 0 Å². The summed E-state index contributed by atoms with van der Waals surface area (Å²) in [6.45, 7) is 2.27. The summed E-state index contributed by atoms with van der Waals surface area (Å²) in [5, 5.41) is 4.58. The van der Waals surface area contributed by atoms with Crippen molar-refractivity contribution in [1.29, 1.82) is 0 Å². The highest BCUT2D eigenvalue weighted by molar-refractivity contribution is 7.14. The van der Waals surface area contributed by atoms with Crippen LogP contribution in [0.3, 0.4) is 0 Å². The molecular weight excluding hydrogens is 394 g/mol. The van der Waals surface area contributed by atoms with Gasteiger partial charge in [0.1, 0.15) is 12.3 Å². The molecule has 1 amide bonds. The quantitative estimate of drug-likeness (QED) is 0.550. The number of ether oxygens (including phenoxy) is 2. The van der Waals surface area contributed by atoms with E-state index in [-0.39, 0.29) is 30.4 Å². The smallest absolute Gasteiger partial charge is 0.311 e. The first kappa shape index (κ1) is 20.3. The van der Waals surface area contributed by atoms with Gasteiger partial charge in [-0.15, -0.1) is 11.3 Å². The molecule has 2 heterocycles. The van der Waals surface area contributed by atoms with Crippen LogP contribution in [-0.4, -0.2) is 28.5 Å². The van der Waals surface area contributed by atoms with E-state index in [9.17, 15) is 14.4 Å². The van der Waals surface area contributed by atoms with Crippen LogP contribution in [0.4, 0.5) is 5.13 Å². The highest BCUT2D eigenvalue weighted by Crippen LogP contribution is 2.17. The first-order valence-corrected chi connectivity index (χ1v) is 9.74.